The Morgan fingerprint density at radius 1 is 1.38 bits per heavy atom. The van der Waals surface area contributed by atoms with Crippen LogP contribution in [0, 0.1) is 5.92 Å². The highest BCUT2D eigenvalue weighted by Gasteiger charge is 2.37. The molecule has 1 aliphatic carbocycles. The van der Waals surface area contributed by atoms with Crippen LogP contribution in [0.1, 0.15) is 17.9 Å². The summed E-state index contributed by atoms with van der Waals surface area (Å²) in [5.41, 5.74) is 1.25. The van der Waals surface area contributed by atoms with Crippen molar-refractivity contribution in [1.29, 1.82) is 0 Å². The van der Waals surface area contributed by atoms with Gasteiger partial charge in [0.2, 0.25) is 0 Å². The maximum Gasteiger partial charge on any atom is 0.123 e. The highest BCUT2D eigenvalue weighted by atomic mass is 16.5. The summed E-state index contributed by atoms with van der Waals surface area (Å²) in [6.07, 6.45) is 2.06. The average Bonchev–Trinajstić information content (AvgIpc) is 2.97. The number of carbonyl (C=O) groups excluding carboxylic acids is 1. The van der Waals surface area contributed by atoms with Gasteiger partial charge in [0.05, 0.1) is 7.11 Å². The van der Waals surface area contributed by atoms with Crippen molar-refractivity contribution in [2.24, 2.45) is 5.92 Å². The van der Waals surface area contributed by atoms with Crippen LogP contribution in [0.4, 0.5) is 0 Å². The number of hydrogen-bond donors (Lipinski definition) is 0. The second-order valence-corrected chi connectivity index (χ2v) is 3.42. The normalized spacial score (nSPS) is 25.3. The zero-order valence-corrected chi connectivity index (χ0v) is 7.57. The Balaban J connectivity index is 2.11. The van der Waals surface area contributed by atoms with Crippen LogP contribution in [0.2, 0.25) is 0 Å². The van der Waals surface area contributed by atoms with Gasteiger partial charge in [-0.1, -0.05) is 12.1 Å². The number of benzene rings is 1. The molecule has 0 aliphatic heterocycles. The van der Waals surface area contributed by atoms with E-state index >= 15 is 0 Å². The minimum absolute atomic E-state index is 0.258. The second-order valence-electron chi connectivity index (χ2n) is 3.42. The molecule has 1 aromatic rings. The van der Waals surface area contributed by atoms with Crippen LogP contribution in [0.5, 0.6) is 5.75 Å². The third kappa shape index (κ3) is 1.57. The Kier molecular flexibility index (Phi) is 2.05. The summed E-state index contributed by atoms with van der Waals surface area (Å²) in [6.45, 7) is 0. The number of ether oxygens (including phenoxy) is 1. The first kappa shape index (κ1) is 8.30. The predicted molar refractivity (Wildman–Crippen MR) is 49.9 cm³/mol. The van der Waals surface area contributed by atoms with E-state index in [2.05, 4.69) is 0 Å². The van der Waals surface area contributed by atoms with Crippen LogP contribution in [0.15, 0.2) is 24.3 Å². The lowest BCUT2D eigenvalue weighted by atomic mass is 10.1. The van der Waals surface area contributed by atoms with E-state index < -0.39 is 0 Å². The van der Waals surface area contributed by atoms with E-state index in [1.165, 1.54) is 5.56 Å². The molecule has 13 heavy (non-hydrogen) atoms. The molecule has 0 amide bonds. The Morgan fingerprint density at radius 2 is 2.08 bits per heavy atom. The quantitative estimate of drug-likeness (QED) is 0.658. The molecule has 0 unspecified atom stereocenters. The van der Waals surface area contributed by atoms with Gasteiger partial charge in [-0.15, -0.1) is 0 Å². The lowest BCUT2D eigenvalue weighted by Gasteiger charge is -2.01. The zero-order chi connectivity index (χ0) is 9.26. The Labute approximate surface area is 77.5 Å². The summed E-state index contributed by atoms with van der Waals surface area (Å²) in [5.74, 6) is 1.59. The Morgan fingerprint density at radius 3 is 2.54 bits per heavy atom. The molecule has 1 aliphatic rings. The van der Waals surface area contributed by atoms with Crippen molar-refractivity contribution in [3.8, 4) is 5.75 Å². The SMILES string of the molecule is COc1ccc([C@H]2C[C@@H]2C=O)cc1. The number of hydrogen-bond acceptors (Lipinski definition) is 2. The number of aldehydes is 1. The molecule has 0 N–H and O–H groups in total. The van der Waals surface area contributed by atoms with Gasteiger partial charge in [-0.25, -0.2) is 0 Å². The third-order valence-electron chi connectivity index (χ3n) is 2.56. The molecule has 2 nitrogen and oxygen atoms in total. The first-order chi connectivity index (χ1) is 6.35. The first-order valence-electron chi connectivity index (χ1n) is 4.44. The summed E-state index contributed by atoms with van der Waals surface area (Å²) in [4.78, 5) is 10.4. The van der Waals surface area contributed by atoms with Gasteiger partial charge in [-0.05, 0) is 30.0 Å². The maximum absolute atomic E-state index is 10.4. The van der Waals surface area contributed by atoms with Crippen molar-refractivity contribution in [1.82, 2.24) is 0 Å². The largest absolute Gasteiger partial charge is 0.497 e. The van der Waals surface area contributed by atoms with Crippen LogP contribution in [0.3, 0.4) is 0 Å². The van der Waals surface area contributed by atoms with Crippen molar-refractivity contribution in [2.75, 3.05) is 7.11 Å². The summed E-state index contributed by atoms with van der Waals surface area (Å²) in [5, 5.41) is 0. The topological polar surface area (TPSA) is 26.3 Å². The number of rotatable bonds is 3. The smallest absolute Gasteiger partial charge is 0.123 e. The van der Waals surface area contributed by atoms with Crippen molar-refractivity contribution in [3.05, 3.63) is 29.8 Å². The van der Waals surface area contributed by atoms with Crippen LogP contribution in [-0.2, 0) is 4.79 Å². The number of methoxy groups -OCH3 is 1. The van der Waals surface area contributed by atoms with Gasteiger partial charge in [-0.3, -0.25) is 0 Å². The van der Waals surface area contributed by atoms with Gasteiger partial charge < -0.3 is 9.53 Å². The summed E-state index contributed by atoms with van der Waals surface area (Å²) in [7, 11) is 1.65. The van der Waals surface area contributed by atoms with Crippen LogP contribution in [0.25, 0.3) is 0 Å². The summed E-state index contributed by atoms with van der Waals surface area (Å²) in [6, 6.07) is 7.95. The molecule has 0 heterocycles. The fourth-order valence-corrected chi connectivity index (χ4v) is 1.60. The van der Waals surface area contributed by atoms with E-state index in [1.807, 2.05) is 24.3 Å². The highest BCUT2D eigenvalue weighted by molar-refractivity contribution is 5.61. The molecule has 0 radical (unpaired) electrons. The van der Waals surface area contributed by atoms with E-state index in [-0.39, 0.29) is 5.92 Å². The molecule has 68 valence electrons. The van der Waals surface area contributed by atoms with Gasteiger partial charge in [-0.2, -0.15) is 0 Å². The van der Waals surface area contributed by atoms with E-state index in [4.69, 9.17) is 4.74 Å². The molecule has 2 heteroatoms. The van der Waals surface area contributed by atoms with Crippen LogP contribution < -0.4 is 4.74 Å². The number of carbonyl (C=O) groups is 1. The van der Waals surface area contributed by atoms with E-state index in [9.17, 15) is 4.79 Å². The zero-order valence-electron chi connectivity index (χ0n) is 7.57. The molecule has 0 saturated heterocycles. The van der Waals surface area contributed by atoms with Gasteiger partial charge in [0.1, 0.15) is 12.0 Å². The van der Waals surface area contributed by atoms with E-state index in [0.29, 0.717) is 5.92 Å². The van der Waals surface area contributed by atoms with E-state index in [1.54, 1.807) is 7.11 Å². The van der Waals surface area contributed by atoms with Crippen LogP contribution in [-0.4, -0.2) is 13.4 Å². The standard InChI is InChI=1S/C11H12O2/c1-13-10-4-2-8(3-5-10)11-6-9(11)7-12/h2-5,7,9,11H,6H2,1H3/t9-,11-/m1/s1. The molecule has 2 atom stereocenters. The van der Waals surface area contributed by atoms with E-state index in [0.717, 1.165) is 18.5 Å². The van der Waals surface area contributed by atoms with Gasteiger partial charge in [0.25, 0.3) is 0 Å². The molecular formula is C11H12O2. The molecule has 2 rings (SSSR count). The maximum atomic E-state index is 10.4. The predicted octanol–water partition coefficient (Wildman–Crippen LogP) is 2.00. The molecule has 0 aromatic heterocycles. The first-order valence-corrected chi connectivity index (χ1v) is 4.44. The molecule has 1 aromatic carbocycles. The van der Waals surface area contributed by atoms with Crippen LogP contribution >= 0.6 is 0 Å². The van der Waals surface area contributed by atoms with Crippen molar-refractivity contribution in [2.45, 2.75) is 12.3 Å². The molecule has 1 saturated carbocycles. The van der Waals surface area contributed by atoms with Gasteiger partial charge in [0, 0.05) is 5.92 Å². The second kappa shape index (κ2) is 3.21. The van der Waals surface area contributed by atoms with Crippen molar-refractivity contribution < 1.29 is 9.53 Å². The van der Waals surface area contributed by atoms with Gasteiger partial charge in [0.15, 0.2) is 0 Å². The van der Waals surface area contributed by atoms with Crippen molar-refractivity contribution in [3.63, 3.8) is 0 Å². The Hall–Kier alpha value is -1.31. The van der Waals surface area contributed by atoms with Gasteiger partial charge >= 0.3 is 0 Å². The lowest BCUT2D eigenvalue weighted by molar-refractivity contribution is -0.108. The minimum Gasteiger partial charge on any atom is -0.497 e. The molecular weight excluding hydrogens is 164 g/mol. The summed E-state index contributed by atoms with van der Waals surface area (Å²) >= 11 is 0. The highest BCUT2D eigenvalue weighted by Crippen LogP contribution is 2.46. The minimum atomic E-state index is 0.258. The monoisotopic (exact) mass is 176 g/mol. The molecule has 0 bridgehead atoms. The Bertz CT molecular complexity index is 302. The third-order valence-corrected chi connectivity index (χ3v) is 2.56. The molecule has 1 fully saturated rings. The lowest BCUT2D eigenvalue weighted by Crippen LogP contribution is -1.86. The van der Waals surface area contributed by atoms with Crippen molar-refractivity contribution >= 4 is 6.29 Å². The fraction of sp³-hybridized carbons (Fsp3) is 0.364. The fourth-order valence-electron chi connectivity index (χ4n) is 1.60. The molecule has 0 spiro atoms. The summed E-state index contributed by atoms with van der Waals surface area (Å²) < 4.78 is 5.05. The average molecular weight is 176 g/mol.